The molecule has 2 aliphatic rings. The van der Waals surface area contributed by atoms with Crippen molar-refractivity contribution in [2.75, 3.05) is 6.54 Å². The van der Waals surface area contributed by atoms with E-state index in [0.29, 0.717) is 0 Å². The predicted octanol–water partition coefficient (Wildman–Crippen LogP) is 3.42. The highest BCUT2D eigenvalue weighted by atomic mass is 15.1. The van der Waals surface area contributed by atoms with Crippen molar-refractivity contribution < 1.29 is 4.58 Å². The second-order valence-corrected chi connectivity index (χ2v) is 5.49. The van der Waals surface area contributed by atoms with Crippen LogP contribution in [0.1, 0.15) is 44.7 Å². The van der Waals surface area contributed by atoms with E-state index in [4.69, 9.17) is 0 Å². The van der Waals surface area contributed by atoms with Gasteiger partial charge in [0, 0.05) is 24.0 Å². The van der Waals surface area contributed by atoms with Gasteiger partial charge in [0.15, 0.2) is 5.71 Å². The molecule has 1 aromatic carbocycles. The van der Waals surface area contributed by atoms with E-state index in [-0.39, 0.29) is 5.41 Å². The topological polar surface area (TPSA) is 3.01 Å². The first kappa shape index (κ1) is 10.1. The summed E-state index contributed by atoms with van der Waals surface area (Å²) in [5.41, 5.74) is 6.48. The fourth-order valence-electron chi connectivity index (χ4n) is 3.55. The molecule has 0 aromatic heterocycles. The first-order valence-electron chi connectivity index (χ1n) is 6.42. The van der Waals surface area contributed by atoms with Crippen molar-refractivity contribution in [3.63, 3.8) is 0 Å². The Bertz CT molecular complexity index is 480. The van der Waals surface area contributed by atoms with E-state index in [9.17, 15) is 0 Å². The molecule has 0 fully saturated rings. The van der Waals surface area contributed by atoms with Gasteiger partial charge in [-0.3, -0.25) is 0 Å². The van der Waals surface area contributed by atoms with Gasteiger partial charge in [-0.2, -0.15) is 4.58 Å². The molecule has 0 bridgehead atoms. The number of hydrogen-bond acceptors (Lipinski definition) is 0. The molecule has 1 aromatic rings. The summed E-state index contributed by atoms with van der Waals surface area (Å²) in [6.45, 7) is 8.26. The van der Waals surface area contributed by atoms with Crippen LogP contribution >= 0.6 is 0 Å². The Morgan fingerprint density at radius 2 is 2.12 bits per heavy atom. The molecular formula is C15H20N+. The summed E-state index contributed by atoms with van der Waals surface area (Å²) in [4.78, 5) is 0. The molecule has 0 atom stereocenters. The molecule has 2 aliphatic heterocycles. The van der Waals surface area contributed by atoms with Gasteiger partial charge in [-0.25, -0.2) is 0 Å². The third-order valence-electron chi connectivity index (χ3n) is 4.27. The van der Waals surface area contributed by atoms with Gasteiger partial charge in [-0.1, -0.05) is 25.1 Å². The third kappa shape index (κ3) is 1.09. The molecular weight excluding hydrogens is 194 g/mol. The van der Waals surface area contributed by atoms with Crippen LogP contribution < -0.4 is 0 Å². The Morgan fingerprint density at radius 3 is 2.88 bits per heavy atom. The molecule has 1 heteroatoms. The molecule has 16 heavy (non-hydrogen) atoms. The van der Waals surface area contributed by atoms with Crippen molar-refractivity contribution in [3.8, 4) is 0 Å². The van der Waals surface area contributed by atoms with Gasteiger partial charge in [0.2, 0.25) is 5.69 Å². The van der Waals surface area contributed by atoms with Crippen LogP contribution in [0.15, 0.2) is 18.2 Å². The smallest absolute Gasteiger partial charge is 0.199 e. The summed E-state index contributed by atoms with van der Waals surface area (Å²) < 4.78 is 2.59. The van der Waals surface area contributed by atoms with Gasteiger partial charge < -0.3 is 0 Å². The van der Waals surface area contributed by atoms with Crippen molar-refractivity contribution in [1.29, 1.82) is 0 Å². The Balaban J connectivity index is 2.34. The van der Waals surface area contributed by atoms with Crippen molar-refractivity contribution in [2.24, 2.45) is 0 Å². The Kier molecular flexibility index (Phi) is 2.01. The molecule has 1 nitrogen and oxygen atoms in total. The molecule has 0 spiro atoms. The highest BCUT2D eigenvalue weighted by Crippen LogP contribution is 2.44. The number of nitrogens with zero attached hydrogens (tertiary/aromatic N) is 1. The zero-order valence-corrected chi connectivity index (χ0v) is 10.5. The lowest BCUT2D eigenvalue weighted by atomic mass is 9.80. The monoisotopic (exact) mass is 214 g/mol. The molecule has 0 N–H and O–H groups in total. The van der Waals surface area contributed by atoms with Crippen LogP contribution in [0.25, 0.3) is 0 Å². The molecule has 0 unspecified atom stereocenters. The lowest BCUT2D eigenvalue weighted by Crippen LogP contribution is -2.29. The highest BCUT2D eigenvalue weighted by molar-refractivity contribution is 5.95. The normalized spacial score (nSPS) is 21.2. The minimum Gasteiger partial charge on any atom is -0.199 e. The van der Waals surface area contributed by atoms with E-state index >= 15 is 0 Å². The maximum atomic E-state index is 2.59. The largest absolute Gasteiger partial charge is 0.212 e. The average molecular weight is 214 g/mol. The van der Waals surface area contributed by atoms with Crippen molar-refractivity contribution >= 4 is 11.4 Å². The number of rotatable bonds is 1. The molecule has 2 heterocycles. The van der Waals surface area contributed by atoms with Gasteiger partial charge in [0.05, 0.1) is 5.41 Å². The summed E-state index contributed by atoms with van der Waals surface area (Å²) in [5, 5.41) is 0. The van der Waals surface area contributed by atoms with E-state index in [0.717, 1.165) is 0 Å². The van der Waals surface area contributed by atoms with E-state index < -0.39 is 0 Å². The zero-order valence-electron chi connectivity index (χ0n) is 10.5. The summed E-state index contributed by atoms with van der Waals surface area (Å²) >= 11 is 0. The van der Waals surface area contributed by atoms with Crippen LogP contribution in [0.5, 0.6) is 0 Å². The first-order valence-corrected chi connectivity index (χ1v) is 6.42. The molecule has 0 radical (unpaired) electrons. The highest BCUT2D eigenvalue weighted by Gasteiger charge is 2.46. The summed E-state index contributed by atoms with van der Waals surface area (Å²) in [6.07, 6.45) is 3.73. The standard InChI is InChI=1S/C15H20N/c1-4-13-15(2,3)12-9-5-7-11-8-6-10-16(13)14(11)12/h5,7,9H,4,6,8,10H2,1-3H3/q+1. The number of aryl methyl sites for hydroxylation is 1. The van der Waals surface area contributed by atoms with Gasteiger partial charge in [-0.15, -0.1) is 0 Å². The molecule has 0 aliphatic carbocycles. The second kappa shape index (κ2) is 3.19. The van der Waals surface area contributed by atoms with Crippen molar-refractivity contribution in [1.82, 2.24) is 0 Å². The van der Waals surface area contributed by atoms with E-state index in [1.807, 2.05) is 0 Å². The van der Waals surface area contributed by atoms with Gasteiger partial charge in [-0.05, 0) is 20.3 Å². The Labute approximate surface area is 97.8 Å². The third-order valence-corrected chi connectivity index (χ3v) is 4.27. The second-order valence-electron chi connectivity index (χ2n) is 5.49. The predicted molar refractivity (Wildman–Crippen MR) is 67.9 cm³/mol. The van der Waals surface area contributed by atoms with Gasteiger partial charge in [0.1, 0.15) is 6.54 Å². The fraction of sp³-hybridized carbons (Fsp3) is 0.533. The van der Waals surface area contributed by atoms with Crippen LogP contribution in [0, 0.1) is 0 Å². The minimum absolute atomic E-state index is 0.241. The molecule has 0 saturated heterocycles. The van der Waals surface area contributed by atoms with E-state index in [1.165, 1.54) is 31.5 Å². The average Bonchev–Trinajstić information content (AvgIpc) is 2.50. The first-order chi connectivity index (χ1) is 7.66. The molecule has 0 saturated carbocycles. The lowest BCUT2D eigenvalue weighted by Gasteiger charge is -2.16. The maximum Gasteiger partial charge on any atom is 0.212 e. The van der Waals surface area contributed by atoms with E-state index in [1.54, 1.807) is 16.8 Å². The van der Waals surface area contributed by atoms with Crippen LogP contribution in [-0.2, 0) is 11.8 Å². The van der Waals surface area contributed by atoms with Gasteiger partial charge in [0.25, 0.3) is 0 Å². The van der Waals surface area contributed by atoms with E-state index in [2.05, 4.69) is 43.5 Å². The molecule has 0 amide bonds. The number of para-hydroxylation sites is 1. The number of benzene rings is 1. The Morgan fingerprint density at radius 1 is 1.31 bits per heavy atom. The summed E-state index contributed by atoms with van der Waals surface area (Å²) in [5.74, 6) is 0. The minimum atomic E-state index is 0.241. The van der Waals surface area contributed by atoms with Crippen LogP contribution in [0.3, 0.4) is 0 Å². The Hall–Kier alpha value is -1.11. The SMILES string of the molecule is CCC1=[N+]2CCCc3cccc(c32)C1(C)C. The van der Waals surface area contributed by atoms with Crippen molar-refractivity contribution in [2.45, 2.75) is 45.4 Å². The lowest BCUT2D eigenvalue weighted by molar-refractivity contribution is -0.445. The number of hydrogen-bond donors (Lipinski definition) is 0. The summed E-state index contributed by atoms with van der Waals surface area (Å²) in [6, 6.07) is 6.86. The fourth-order valence-corrected chi connectivity index (χ4v) is 3.55. The molecule has 84 valence electrons. The quantitative estimate of drug-likeness (QED) is 0.630. The zero-order chi connectivity index (χ0) is 11.3. The summed E-state index contributed by atoms with van der Waals surface area (Å²) in [7, 11) is 0. The maximum absolute atomic E-state index is 2.59. The molecule has 3 rings (SSSR count). The van der Waals surface area contributed by atoms with Crippen LogP contribution in [0.2, 0.25) is 0 Å². The van der Waals surface area contributed by atoms with Gasteiger partial charge >= 0.3 is 0 Å². The van der Waals surface area contributed by atoms with Crippen molar-refractivity contribution in [3.05, 3.63) is 29.3 Å². The van der Waals surface area contributed by atoms with Crippen LogP contribution in [-0.4, -0.2) is 16.8 Å². The van der Waals surface area contributed by atoms with Crippen LogP contribution in [0.4, 0.5) is 5.69 Å².